The van der Waals surface area contributed by atoms with Crippen LogP contribution in [0, 0.1) is 28.6 Å². The molecule has 7 unspecified atom stereocenters. The first-order valence-corrected chi connectivity index (χ1v) is 16.2. The number of hydrogen-bond acceptors (Lipinski definition) is 6. The van der Waals surface area contributed by atoms with Gasteiger partial charge in [-0.05, 0) is 79.4 Å². The van der Waals surface area contributed by atoms with E-state index in [4.69, 9.17) is 20.2 Å². The Bertz CT molecular complexity index is 1630. The number of fused-ring (bicyclic) bond motifs is 6. The first kappa shape index (κ1) is 29.0. The van der Waals surface area contributed by atoms with E-state index in [1.54, 1.807) is 0 Å². The van der Waals surface area contributed by atoms with Gasteiger partial charge in [0.15, 0.2) is 0 Å². The van der Waals surface area contributed by atoms with E-state index in [0.29, 0.717) is 17.8 Å². The highest BCUT2D eigenvalue weighted by Gasteiger charge is 2.57. The number of benzene rings is 2. The molecular formula is C37H43N3O4. The molecule has 1 heterocycles. The van der Waals surface area contributed by atoms with Crippen LogP contribution in [0.3, 0.4) is 0 Å². The van der Waals surface area contributed by atoms with Crippen molar-refractivity contribution in [2.45, 2.75) is 84.0 Å². The van der Waals surface area contributed by atoms with Crippen LogP contribution in [-0.4, -0.2) is 33.6 Å². The van der Waals surface area contributed by atoms with Crippen molar-refractivity contribution in [3.63, 3.8) is 0 Å². The molecule has 7 atom stereocenters. The highest BCUT2D eigenvalue weighted by atomic mass is 16.5. The second kappa shape index (κ2) is 11.3. The van der Waals surface area contributed by atoms with Gasteiger partial charge in [-0.15, -0.1) is 0 Å². The molecule has 2 aromatic carbocycles. The molecule has 7 heteroatoms. The smallest absolute Gasteiger partial charge is 0.323 e. The molecular weight excluding hydrogens is 550 g/mol. The lowest BCUT2D eigenvalue weighted by molar-refractivity contribution is -0.157. The summed E-state index contributed by atoms with van der Waals surface area (Å²) in [5.74, 6) is 0.869. The van der Waals surface area contributed by atoms with E-state index in [0.717, 1.165) is 43.2 Å². The van der Waals surface area contributed by atoms with Gasteiger partial charge in [0.1, 0.15) is 25.1 Å². The van der Waals surface area contributed by atoms with Gasteiger partial charge in [0.05, 0.1) is 17.5 Å². The van der Waals surface area contributed by atoms with Crippen LogP contribution in [0.2, 0.25) is 0 Å². The summed E-state index contributed by atoms with van der Waals surface area (Å²) in [4.78, 5) is 29.9. The molecule has 2 saturated carbocycles. The van der Waals surface area contributed by atoms with Crippen LogP contribution in [0.5, 0.6) is 0 Å². The number of carbonyl (C=O) groups excluding carboxylic acids is 2. The fourth-order valence-electron chi connectivity index (χ4n) is 9.11. The average molecular weight is 594 g/mol. The predicted octanol–water partition coefficient (Wildman–Crippen LogP) is 6.82. The van der Waals surface area contributed by atoms with Crippen molar-refractivity contribution in [3.05, 3.63) is 84.2 Å². The van der Waals surface area contributed by atoms with E-state index in [1.807, 2.05) is 36.7 Å². The van der Waals surface area contributed by atoms with Crippen molar-refractivity contribution in [2.75, 3.05) is 0 Å². The zero-order valence-electron chi connectivity index (χ0n) is 25.8. The van der Waals surface area contributed by atoms with Gasteiger partial charge in [0, 0.05) is 17.5 Å². The maximum Gasteiger partial charge on any atom is 0.323 e. The molecule has 7 nitrogen and oxygen atoms in total. The number of hydrogen-bond donors (Lipinski definition) is 1. The average Bonchev–Trinajstić information content (AvgIpc) is 3.61. The second-order valence-electron chi connectivity index (χ2n) is 13.9. The van der Waals surface area contributed by atoms with Gasteiger partial charge in [-0.1, -0.05) is 74.0 Å². The molecule has 4 aliphatic rings. The van der Waals surface area contributed by atoms with E-state index < -0.39 is 18.0 Å². The molecule has 0 amide bonds. The Morgan fingerprint density at radius 3 is 2.59 bits per heavy atom. The second-order valence-corrected chi connectivity index (χ2v) is 13.9. The maximum absolute atomic E-state index is 12.9. The molecule has 230 valence electrons. The minimum absolute atomic E-state index is 0.126. The molecule has 0 aliphatic heterocycles. The third kappa shape index (κ3) is 4.99. The molecule has 2 N–H and O–H groups in total. The van der Waals surface area contributed by atoms with Gasteiger partial charge < -0.3 is 19.8 Å². The highest BCUT2D eigenvalue weighted by molar-refractivity contribution is 5.82. The third-order valence-electron chi connectivity index (χ3n) is 11.5. The SMILES string of the molecule is CC12CCC(OC(=O)C(N)CC(=O)OCc3ccccc3)CC1=CCC1C2CCC2(C)C(n3cnc4ccccc43)=CCC12. The van der Waals surface area contributed by atoms with Crippen LogP contribution in [0.4, 0.5) is 0 Å². The van der Waals surface area contributed by atoms with Gasteiger partial charge in [0.2, 0.25) is 0 Å². The largest absolute Gasteiger partial charge is 0.461 e. The van der Waals surface area contributed by atoms with Crippen molar-refractivity contribution in [3.8, 4) is 0 Å². The molecule has 3 aromatic rings. The summed E-state index contributed by atoms with van der Waals surface area (Å²) in [5.41, 5.74) is 12.3. The zero-order chi connectivity index (χ0) is 30.5. The van der Waals surface area contributed by atoms with Crippen molar-refractivity contribution in [1.29, 1.82) is 0 Å². The first-order valence-electron chi connectivity index (χ1n) is 16.2. The molecule has 0 spiro atoms. The lowest BCUT2D eigenvalue weighted by Gasteiger charge is -2.57. The molecule has 1 aromatic heterocycles. The first-order chi connectivity index (χ1) is 21.3. The summed E-state index contributed by atoms with van der Waals surface area (Å²) >= 11 is 0. The number of nitrogens with zero attached hydrogens (tertiary/aromatic N) is 2. The van der Waals surface area contributed by atoms with E-state index in [1.165, 1.54) is 29.6 Å². The van der Waals surface area contributed by atoms with Crippen molar-refractivity contribution in [1.82, 2.24) is 9.55 Å². The number of esters is 2. The minimum Gasteiger partial charge on any atom is -0.461 e. The fourth-order valence-corrected chi connectivity index (χ4v) is 9.11. The van der Waals surface area contributed by atoms with Crippen LogP contribution in [0.25, 0.3) is 16.7 Å². The molecule has 0 bridgehead atoms. The number of para-hydroxylation sites is 2. The Morgan fingerprint density at radius 2 is 1.75 bits per heavy atom. The Hall–Kier alpha value is -3.71. The predicted molar refractivity (Wildman–Crippen MR) is 170 cm³/mol. The molecule has 44 heavy (non-hydrogen) atoms. The van der Waals surface area contributed by atoms with E-state index >= 15 is 0 Å². The lowest BCUT2D eigenvalue weighted by atomic mass is 9.47. The number of nitrogens with two attached hydrogens (primary N) is 1. The van der Waals surface area contributed by atoms with Gasteiger partial charge >= 0.3 is 11.9 Å². The van der Waals surface area contributed by atoms with Crippen LogP contribution in [0.1, 0.15) is 70.8 Å². The van der Waals surface area contributed by atoms with Gasteiger partial charge in [-0.3, -0.25) is 9.59 Å². The Labute approximate surface area is 259 Å². The normalized spacial score (nSPS) is 31.6. The summed E-state index contributed by atoms with van der Waals surface area (Å²) in [6.45, 7) is 5.11. The number of aromatic nitrogens is 2. The summed E-state index contributed by atoms with van der Waals surface area (Å²) in [6, 6.07) is 16.9. The summed E-state index contributed by atoms with van der Waals surface area (Å²) in [6.07, 6.45) is 13.7. The van der Waals surface area contributed by atoms with Crippen molar-refractivity contribution in [2.24, 2.45) is 34.3 Å². The summed E-state index contributed by atoms with van der Waals surface area (Å²) in [5, 5.41) is 0. The molecule has 0 saturated heterocycles. The van der Waals surface area contributed by atoms with Crippen LogP contribution in [0.15, 0.2) is 78.6 Å². The Morgan fingerprint density at radius 1 is 0.977 bits per heavy atom. The van der Waals surface area contributed by atoms with E-state index in [2.05, 4.69) is 54.8 Å². The quantitative estimate of drug-likeness (QED) is 0.239. The Kier molecular flexibility index (Phi) is 7.48. The van der Waals surface area contributed by atoms with Crippen LogP contribution in [-0.2, 0) is 25.7 Å². The fraction of sp³-hybridized carbons (Fsp3) is 0.486. The highest BCUT2D eigenvalue weighted by Crippen LogP contribution is 2.65. The lowest BCUT2D eigenvalue weighted by Crippen LogP contribution is -2.50. The Balaban J connectivity index is 0.981. The van der Waals surface area contributed by atoms with Gasteiger partial charge in [0.25, 0.3) is 0 Å². The van der Waals surface area contributed by atoms with Gasteiger partial charge in [-0.25, -0.2) is 4.98 Å². The molecule has 4 aliphatic carbocycles. The van der Waals surface area contributed by atoms with E-state index in [-0.39, 0.29) is 30.0 Å². The van der Waals surface area contributed by atoms with Crippen LogP contribution >= 0.6 is 0 Å². The number of imidazole rings is 1. The number of ether oxygens (including phenoxy) is 2. The molecule has 2 fully saturated rings. The number of allylic oxidation sites excluding steroid dienone is 3. The standard InChI is InChI=1S/C37H43N3O4/c1-36-18-16-26(44-35(42)30(38)21-34(41)43-22-24-8-4-3-5-9-24)20-25(36)12-13-27-28-14-15-33(37(28,2)19-17-29(27)36)40-23-39-31-10-6-7-11-32(31)40/h3-12,15,23,26-30H,13-14,16-22,38H2,1-2H3. The monoisotopic (exact) mass is 593 g/mol. The van der Waals surface area contributed by atoms with E-state index in [9.17, 15) is 9.59 Å². The molecule has 0 radical (unpaired) electrons. The summed E-state index contributed by atoms with van der Waals surface area (Å²) in [7, 11) is 0. The maximum atomic E-state index is 12.9. The third-order valence-corrected chi connectivity index (χ3v) is 11.5. The van der Waals surface area contributed by atoms with Crippen molar-refractivity contribution < 1.29 is 19.1 Å². The van der Waals surface area contributed by atoms with Crippen molar-refractivity contribution >= 4 is 28.7 Å². The minimum atomic E-state index is -1.02. The zero-order valence-corrected chi connectivity index (χ0v) is 25.8. The number of rotatable bonds is 7. The molecule has 7 rings (SSSR count). The van der Waals surface area contributed by atoms with Gasteiger partial charge in [-0.2, -0.15) is 0 Å². The topological polar surface area (TPSA) is 96.4 Å². The van der Waals surface area contributed by atoms with Crippen LogP contribution < -0.4 is 5.73 Å². The number of carbonyl (C=O) groups is 2. The summed E-state index contributed by atoms with van der Waals surface area (Å²) < 4.78 is 13.5.